The van der Waals surface area contributed by atoms with E-state index in [2.05, 4.69) is 0 Å². The van der Waals surface area contributed by atoms with Crippen LogP contribution < -0.4 is 15.2 Å². The molecule has 1 saturated heterocycles. The Balaban J connectivity index is 2.32. The first kappa shape index (κ1) is 14.8. The van der Waals surface area contributed by atoms with Gasteiger partial charge < -0.3 is 20.1 Å². The van der Waals surface area contributed by atoms with Crippen molar-refractivity contribution in [1.29, 1.82) is 0 Å². The van der Waals surface area contributed by atoms with Gasteiger partial charge in [-0.2, -0.15) is 11.8 Å². The standard InChI is InChI=1S/C14H20N2O3S/c1-16(9-4-5-20-8-9)14(17)11-6-10(18-2)7-12(19-3)13(11)15/h6-7,9H,4-5,8,15H2,1-3H3. The minimum atomic E-state index is -0.0906. The van der Waals surface area contributed by atoms with Crippen LogP contribution in [0.25, 0.3) is 0 Å². The van der Waals surface area contributed by atoms with Crippen LogP contribution in [0.15, 0.2) is 12.1 Å². The second-order valence-electron chi connectivity index (χ2n) is 4.72. The van der Waals surface area contributed by atoms with Crippen LogP contribution >= 0.6 is 11.8 Å². The smallest absolute Gasteiger partial charge is 0.256 e. The van der Waals surface area contributed by atoms with E-state index in [-0.39, 0.29) is 11.9 Å². The predicted molar refractivity (Wildman–Crippen MR) is 81.8 cm³/mol. The Labute approximate surface area is 123 Å². The number of carbonyl (C=O) groups excluding carboxylic acids is 1. The lowest BCUT2D eigenvalue weighted by Crippen LogP contribution is -2.37. The van der Waals surface area contributed by atoms with Crippen LogP contribution in [0.5, 0.6) is 11.5 Å². The number of hydrogen-bond donors (Lipinski definition) is 1. The van der Waals surface area contributed by atoms with E-state index < -0.39 is 0 Å². The molecule has 20 heavy (non-hydrogen) atoms. The zero-order chi connectivity index (χ0) is 14.7. The lowest BCUT2D eigenvalue weighted by atomic mass is 10.1. The lowest BCUT2D eigenvalue weighted by molar-refractivity contribution is 0.0748. The molecule has 0 aliphatic carbocycles. The molecule has 5 nitrogen and oxygen atoms in total. The second kappa shape index (κ2) is 6.26. The van der Waals surface area contributed by atoms with Crippen LogP contribution in [0.1, 0.15) is 16.8 Å². The summed E-state index contributed by atoms with van der Waals surface area (Å²) in [6, 6.07) is 3.61. The van der Waals surface area contributed by atoms with Gasteiger partial charge in [0.25, 0.3) is 5.91 Å². The molecule has 1 atom stereocenters. The van der Waals surface area contributed by atoms with Gasteiger partial charge in [0.05, 0.1) is 25.5 Å². The number of nitrogens with zero attached hydrogens (tertiary/aromatic N) is 1. The van der Waals surface area contributed by atoms with Crippen LogP contribution in [-0.4, -0.2) is 49.6 Å². The third-order valence-corrected chi connectivity index (χ3v) is 4.72. The molecule has 2 N–H and O–H groups in total. The summed E-state index contributed by atoms with van der Waals surface area (Å²) in [5.74, 6) is 3.00. The molecule has 1 fully saturated rings. The molecule has 0 aromatic heterocycles. The number of ether oxygens (including phenoxy) is 2. The molecule has 0 radical (unpaired) electrons. The lowest BCUT2D eigenvalue weighted by Gasteiger charge is -2.25. The zero-order valence-electron chi connectivity index (χ0n) is 12.0. The number of rotatable bonds is 4. The third-order valence-electron chi connectivity index (χ3n) is 3.58. The van der Waals surface area contributed by atoms with Crippen molar-refractivity contribution in [2.24, 2.45) is 0 Å². The van der Waals surface area contributed by atoms with Gasteiger partial charge in [0.1, 0.15) is 11.5 Å². The summed E-state index contributed by atoms with van der Waals surface area (Å²) < 4.78 is 10.4. The highest BCUT2D eigenvalue weighted by molar-refractivity contribution is 7.99. The maximum absolute atomic E-state index is 12.6. The summed E-state index contributed by atoms with van der Waals surface area (Å²) in [5.41, 5.74) is 6.81. The Hall–Kier alpha value is -1.56. The van der Waals surface area contributed by atoms with Crippen LogP contribution in [0, 0.1) is 0 Å². The van der Waals surface area contributed by atoms with E-state index in [1.54, 1.807) is 24.1 Å². The monoisotopic (exact) mass is 296 g/mol. The Morgan fingerprint density at radius 2 is 2.15 bits per heavy atom. The highest BCUT2D eigenvalue weighted by atomic mass is 32.2. The van der Waals surface area contributed by atoms with E-state index in [9.17, 15) is 4.79 Å². The van der Waals surface area contributed by atoms with Gasteiger partial charge in [-0.25, -0.2) is 0 Å². The number of methoxy groups -OCH3 is 2. The molecule has 1 heterocycles. The van der Waals surface area contributed by atoms with Gasteiger partial charge in [-0.1, -0.05) is 0 Å². The molecule has 0 spiro atoms. The summed E-state index contributed by atoms with van der Waals surface area (Å²) in [6.45, 7) is 0. The maximum atomic E-state index is 12.6. The first-order chi connectivity index (χ1) is 9.58. The SMILES string of the molecule is COc1cc(OC)c(N)c(C(=O)N(C)C2CCSC2)c1. The number of nitrogens with two attached hydrogens (primary N) is 1. The Morgan fingerprint density at radius 1 is 1.40 bits per heavy atom. The molecule has 1 aliphatic rings. The number of benzene rings is 1. The summed E-state index contributed by atoms with van der Waals surface area (Å²) in [6.07, 6.45) is 1.02. The fraction of sp³-hybridized carbons (Fsp3) is 0.500. The van der Waals surface area contributed by atoms with Gasteiger partial charge >= 0.3 is 0 Å². The van der Waals surface area contributed by atoms with Crippen molar-refractivity contribution in [3.05, 3.63) is 17.7 Å². The largest absolute Gasteiger partial charge is 0.497 e. The van der Waals surface area contributed by atoms with Gasteiger partial charge in [0.2, 0.25) is 0 Å². The second-order valence-corrected chi connectivity index (χ2v) is 5.87. The van der Waals surface area contributed by atoms with Crippen LogP contribution in [0.3, 0.4) is 0 Å². The van der Waals surface area contributed by atoms with Crippen LogP contribution in [-0.2, 0) is 0 Å². The van der Waals surface area contributed by atoms with Gasteiger partial charge in [-0.3, -0.25) is 4.79 Å². The molecule has 110 valence electrons. The zero-order valence-corrected chi connectivity index (χ0v) is 12.8. The van der Waals surface area contributed by atoms with E-state index >= 15 is 0 Å². The third kappa shape index (κ3) is 2.80. The average molecular weight is 296 g/mol. The number of hydrogen-bond acceptors (Lipinski definition) is 5. The summed E-state index contributed by atoms with van der Waals surface area (Å²) >= 11 is 1.87. The number of nitrogen functional groups attached to an aromatic ring is 1. The minimum absolute atomic E-state index is 0.0906. The van der Waals surface area contributed by atoms with Crippen molar-refractivity contribution in [2.75, 3.05) is 38.5 Å². The molecule has 1 aliphatic heterocycles. The predicted octanol–water partition coefficient (Wildman–Crippen LogP) is 1.86. The normalized spacial score (nSPS) is 17.9. The van der Waals surface area contributed by atoms with Gasteiger partial charge in [0, 0.05) is 24.9 Å². The van der Waals surface area contributed by atoms with Crippen molar-refractivity contribution < 1.29 is 14.3 Å². The Kier molecular flexibility index (Phi) is 4.65. The summed E-state index contributed by atoms with van der Waals surface area (Å²) in [7, 11) is 4.90. The van der Waals surface area contributed by atoms with E-state index in [0.29, 0.717) is 22.7 Å². The molecule has 1 unspecified atom stereocenters. The Bertz CT molecular complexity index is 501. The quantitative estimate of drug-likeness (QED) is 0.859. The van der Waals surface area contributed by atoms with Gasteiger partial charge in [0.15, 0.2) is 0 Å². The molecule has 6 heteroatoms. The van der Waals surface area contributed by atoms with Gasteiger partial charge in [-0.15, -0.1) is 0 Å². The highest BCUT2D eigenvalue weighted by Crippen LogP contribution is 2.32. The van der Waals surface area contributed by atoms with E-state index in [1.807, 2.05) is 18.8 Å². The average Bonchev–Trinajstić information content (AvgIpc) is 3.00. The number of amides is 1. The molecule has 1 aromatic carbocycles. The molecule has 0 saturated carbocycles. The van der Waals surface area contributed by atoms with Crippen molar-refractivity contribution in [3.8, 4) is 11.5 Å². The molecule has 1 aromatic rings. The molecule has 0 bridgehead atoms. The number of anilines is 1. The molecular weight excluding hydrogens is 276 g/mol. The van der Waals surface area contributed by atoms with Crippen molar-refractivity contribution >= 4 is 23.4 Å². The van der Waals surface area contributed by atoms with E-state index in [4.69, 9.17) is 15.2 Å². The van der Waals surface area contributed by atoms with E-state index in [0.717, 1.165) is 17.9 Å². The van der Waals surface area contributed by atoms with Crippen molar-refractivity contribution in [2.45, 2.75) is 12.5 Å². The first-order valence-corrected chi connectivity index (χ1v) is 7.60. The molecule has 1 amide bonds. The minimum Gasteiger partial charge on any atom is -0.497 e. The number of carbonyl (C=O) groups is 1. The van der Waals surface area contributed by atoms with Crippen molar-refractivity contribution in [3.63, 3.8) is 0 Å². The fourth-order valence-corrected chi connectivity index (χ4v) is 3.52. The molecule has 2 rings (SSSR count). The topological polar surface area (TPSA) is 64.8 Å². The van der Waals surface area contributed by atoms with Crippen LogP contribution in [0.4, 0.5) is 5.69 Å². The highest BCUT2D eigenvalue weighted by Gasteiger charge is 2.27. The molecular formula is C14H20N2O3S. The summed E-state index contributed by atoms with van der Waals surface area (Å²) in [5, 5.41) is 0. The Morgan fingerprint density at radius 3 is 2.70 bits per heavy atom. The van der Waals surface area contributed by atoms with E-state index in [1.165, 1.54) is 7.11 Å². The number of thioether (sulfide) groups is 1. The van der Waals surface area contributed by atoms with Crippen LogP contribution in [0.2, 0.25) is 0 Å². The fourth-order valence-electron chi connectivity index (χ4n) is 2.25. The van der Waals surface area contributed by atoms with Gasteiger partial charge in [-0.05, 0) is 18.2 Å². The first-order valence-electron chi connectivity index (χ1n) is 6.45. The summed E-state index contributed by atoms with van der Waals surface area (Å²) in [4.78, 5) is 14.4. The van der Waals surface area contributed by atoms with Crippen molar-refractivity contribution in [1.82, 2.24) is 4.90 Å². The maximum Gasteiger partial charge on any atom is 0.256 e.